The number of fused-ring (bicyclic) bond motifs is 10. The van der Waals surface area contributed by atoms with Gasteiger partial charge in [-0.1, -0.05) is 121 Å². The minimum Gasteiger partial charge on any atom is -0.317 e. The highest BCUT2D eigenvalue weighted by atomic mass is 15.0. The Bertz CT molecular complexity index is 4590. The molecule has 0 N–H and O–H groups in total. The molecule has 0 atom stereocenters. The lowest BCUT2D eigenvalue weighted by atomic mass is 10.00. The Kier molecular flexibility index (Phi) is 8.89. The molecular formula is C67H43N5. The SMILES string of the molecule is c1ccc(-n2c3ccccc3c3cc(-c4ccc5c(ccn5-c5ccc(-c6ccc7c8cc(-c9ccc%10c(c9)c9ncccc9n%10-c9ccccc9)ccc8n(-c8ccccc8)c7c6)cc5)c4)ccc32)cc1. The molecule has 0 unspecified atom stereocenters. The number of pyridine rings is 1. The number of hydrogen-bond acceptors (Lipinski definition) is 1. The zero-order chi connectivity index (χ0) is 47.3. The molecule has 15 rings (SSSR count). The third-order valence-electron chi connectivity index (χ3n) is 14.8. The zero-order valence-electron chi connectivity index (χ0n) is 39.1. The van der Waals surface area contributed by atoms with Gasteiger partial charge in [0.25, 0.3) is 0 Å². The molecule has 0 aliphatic heterocycles. The summed E-state index contributed by atoms with van der Waals surface area (Å²) in [7, 11) is 0. The van der Waals surface area contributed by atoms with Crippen LogP contribution in [0.1, 0.15) is 0 Å². The Hall–Kier alpha value is -9.71. The van der Waals surface area contributed by atoms with E-state index in [1.54, 1.807) is 0 Å². The predicted octanol–water partition coefficient (Wildman–Crippen LogP) is 17.3. The Morgan fingerprint density at radius 3 is 1.33 bits per heavy atom. The van der Waals surface area contributed by atoms with Crippen LogP contribution in [-0.4, -0.2) is 23.3 Å². The van der Waals surface area contributed by atoms with Crippen LogP contribution >= 0.6 is 0 Å². The summed E-state index contributed by atoms with van der Waals surface area (Å²) in [6, 6.07) is 90.5. The molecule has 0 spiro atoms. The van der Waals surface area contributed by atoms with E-state index in [1.165, 1.54) is 88.0 Å². The lowest BCUT2D eigenvalue weighted by Gasteiger charge is -2.11. The van der Waals surface area contributed by atoms with Crippen molar-refractivity contribution in [2.45, 2.75) is 0 Å². The summed E-state index contributed by atoms with van der Waals surface area (Å²) >= 11 is 0. The minimum atomic E-state index is 1.01. The van der Waals surface area contributed by atoms with E-state index in [0.717, 1.165) is 44.6 Å². The number of aromatic nitrogens is 5. The molecule has 5 nitrogen and oxygen atoms in total. The van der Waals surface area contributed by atoms with Crippen molar-refractivity contribution in [1.29, 1.82) is 0 Å². The van der Waals surface area contributed by atoms with Crippen LogP contribution in [-0.2, 0) is 0 Å². The zero-order valence-corrected chi connectivity index (χ0v) is 39.1. The second kappa shape index (κ2) is 15.9. The third-order valence-corrected chi connectivity index (χ3v) is 14.8. The van der Waals surface area contributed by atoms with Crippen LogP contribution in [0, 0.1) is 0 Å². The van der Waals surface area contributed by atoms with Crippen molar-refractivity contribution in [1.82, 2.24) is 23.3 Å². The molecule has 0 saturated carbocycles. The summed E-state index contributed by atoms with van der Waals surface area (Å²) in [5.41, 5.74) is 20.9. The standard InChI is InChI=1S/C67H43N5/c1-4-13-52(14-5-1)70-61-20-11-10-19-55(61)57-40-46(26-33-62(57)70)45-25-32-60-50(39-45)36-38-69(60)51-29-22-44(23-30-51)49-24-31-56-58-41-47(27-34-63(58)72(66(56)43-49)54-17-8-3-9-18-54)48-28-35-64-59(42-48)67-65(21-12-37-68-67)71(64)53-15-6-2-7-16-53/h1-43H. The van der Waals surface area contributed by atoms with E-state index in [0.29, 0.717) is 0 Å². The van der Waals surface area contributed by atoms with E-state index in [1.807, 2.05) is 12.3 Å². The Morgan fingerprint density at radius 2 is 0.694 bits per heavy atom. The summed E-state index contributed by atoms with van der Waals surface area (Å²) in [5.74, 6) is 0. The Balaban J connectivity index is 0.771. The van der Waals surface area contributed by atoms with Gasteiger partial charge in [-0.05, 0) is 161 Å². The van der Waals surface area contributed by atoms with Crippen LogP contribution in [0.3, 0.4) is 0 Å². The van der Waals surface area contributed by atoms with E-state index in [4.69, 9.17) is 4.98 Å². The van der Waals surface area contributed by atoms with Crippen molar-refractivity contribution in [3.8, 4) is 56.1 Å². The maximum absolute atomic E-state index is 4.89. The van der Waals surface area contributed by atoms with Gasteiger partial charge < -0.3 is 18.3 Å². The lowest BCUT2D eigenvalue weighted by molar-refractivity contribution is 1.13. The monoisotopic (exact) mass is 917 g/mol. The molecule has 0 saturated heterocycles. The highest BCUT2D eigenvalue weighted by Gasteiger charge is 2.19. The largest absolute Gasteiger partial charge is 0.317 e. The Morgan fingerprint density at radius 1 is 0.250 bits per heavy atom. The average Bonchev–Trinajstić information content (AvgIpc) is 4.21. The van der Waals surface area contributed by atoms with Crippen molar-refractivity contribution in [2.75, 3.05) is 0 Å². The Labute approximate surface area is 414 Å². The number of benzene rings is 10. The molecule has 5 aromatic heterocycles. The van der Waals surface area contributed by atoms with E-state index in [-0.39, 0.29) is 0 Å². The predicted molar refractivity (Wildman–Crippen MR) is 300 cm³/mol. The third kappa shape index (κ3) is 6.24. The maximum atomic E-state index is 4.89. The number of hydrogen-bond donors (Lipinski definition) is 0. The highest BCUT2D eigenvalue weighted by Crippen LogP contribution is 2.40. The lowest BCUT2D eigenvalue weighted by Crippen LogP contribution is -1.94. The second-order valence-electron chi connectivity index (χ2n) is 18.8. The van der Waals surface area contributed by atoms with Crippen LogP contribution in [0.25, 0.3) is 133 Å². The van der Waals surface area contributed by atoms with Gasteiger partial charge in [-0.25, -0.2) is 0 Å². The van der Waals surface area contributed by atoms with Crippen LogP contribution in [0.4, 0.5) is 0 Å². The van der Waals surface area contributed by atoms with Gasteiger partial charge in [-0.15, -0.1) is 0 Å². The molecule has 0 bridgehead atoms. The molecule has 336 valence electrons. The fourth-order valence-electron chi connectivity index (χ4n) is 11.5. The smallest absolute Gasteiger partial charge is 0.0963 e. The molecule has 0 aliphatic rings. The van der Waals surface area contributed by atoms with Crippen LogP contribution < -0.4 is 0 Å². The van der Waals surface area contributed by atoms with Crippen molar-refractivity contribution in [3.05, 3.63) is 261 Å². The summed E-state index contributed by atoms with van der Waals surface area (Å²) in [5, 5.41) is 7.30. The summed E-state index contributed by atoms with van der Waals surface area (Å²) < 4.78 is 9.39. The normalized spacial score (nSPS) is 11.9. The molecule has 10 aromatic carbocycles. The first-order chi connectivity index (χ1) is 35.7. The molecule has 0 amide bonds. The van der Waals surface area contributed by atoms with E-state index >= 15 is 0 Å². The summed E-state index contributed by atoms with van der Waals surface area (Å²) in [6.07, 6.45) is 4.08. The van der Waals surface area contributed by atoms with Gasteiger partial charge in [0.1, 0.15) is 0 Å². The van der Waals surface area contributed by atoms with Crippen LogP contribution in [0.15, 0.2) is 261 Å². The van der Waals surface area contributed by atoms with Crippen molar-refractivity contribution in [3.63, 3.8) is 0 Å². The van der Waals surface area contributed by atoms with Crippen molar-refractivity contribution < 1.29 is 0 Å². The van der Waals surface area contributed by atoms with E-state index in [9.17, 15) is 0 Å². The van der Waals surface area contributed by atoms with Gasteiger partial charge in [-0.2, -0.15) is 0 Å². The number of para-hydroxylation sites is 4. The minimum absolute atomic E-state index is 1.01. The van der Waals surface area contributed by atoms with Gasteiger partial charge in [-0.3, -0.25) is 4.98 Å². The maximum Gasteiger partial charge on any atom is 0.0963 e. The van der Waals surface area contributed by atoms with Gasteiger partial charge >= 0.3 is 0 Å². The van der Waals surface area contributed by atoms with E-state index < -0.39 is 0 Å². The number of rotatable bonds is 7. The van der Waals surface area contributed by atoms with Crippen molar-refractivity contribution in [2.24, 2.45) is 0 Å². The quantitative estimate of drug-likeness (QED) is 0.157. The molecule has 5 heteroatoms. The fourth-order valence-corrected chi connectivity index (χ4v) is 11.5. The summed E-state index contributed by atoms with van der Waals surface area (Å²) in [6.45, 7) is 0. The van der Waals surface area contributed by atoms with Gasteiger partial charge in [0.05, 0.1) is 44.1 Å². The first-order valence-corrected chi connectivity index (χ1v) is 24.6. The van der Waals surface area contributed by atoms with Crippen LogP contribution in [0.5, 0.6) is 0 Å². The first-order valence-electron chi connectivity index (χ1n) is 24.6. The first kappa shape index (κ1) is 40.2. The molecule has 0 fully saturated rings. The topological polar surface area (TPSA) is 32.6 Å². The molecule has 72 heavy (non-hydrogen) atoms. The van der Waals surface area contributed by atoms with E-state index in [2.05, 4.69) is 267 Å². The van der Waals surface area contributed by atoms with Crippen LogP contribution in [0.2, 0.25) is 0 Å². The van der Waals surface area contributed by atoms with Gasteiger partial charge in [0.2, 0.25) is 0 Å². The molecule has 0 radical (unpaired) electrons. The fraction of sp³-hybridized carbons (Fsp3) is 0. The average molecular weight is 918 g/mol. The second-order valence-corrected chi connectivity index (χ2v) is 18.8. The van der Waals surface area contributed by atoms with Crippen molar-refractivity contribution >= 4 is 76.5 Å². The van der Waals surface area contributed by atoms with Gasteiger partial charge in [0.15, 0.2) is 0 Å². The van der Waals surface area contributed by atoms with Gasteiger partial charge in [0, 0.05) is 67.5 Å². The molecule has 5 heterocycles. The molecular weight excluding hydrogens is 875 g/mol. The summed E-state index contributed by atoms with van der Waals surface area (Å²) in [4.78, 5) is 4.89. The highest BCUT2D eigenvalue weighted by molar-refractivity contribution is 6.13. The number of nitrogens with zero attached hydrogens (tertiary/aromatic N) is 5. The molecule has 15 aromatic rings. The molecule has 0 aliphatic carbocycles.